The van der Waals surface area contributed by atoms with Crippen LogP contribution in [0.25, 0.3) is 5.82 Å². The summed E-state index contributed by atoms with van der Waals surface area (Å²) in [6.45, 7) is 9.48. The third kappa shape index (κ3) is 5.25. The molecule has 8 heteroatoms. The number of hydrogen-bond donors (Lipinski definition) is 2. The van der Waals surface area contributed by atoms with Crippen LogP contribution in [0.3, 0.4) is 0 Å². The van der Waals surface area contributed by atoms with Crippen molar-refractivity contribution in [2.24, 2.45) is 4.99 Å². The Morgan fingerprint density at radius 3 is 2.50 bits per heavy atom. The molecule has 3 aromatic heterocycles. The second kappa shape index (κ2) is 10.0. The third-order valence-corrected chi connectivity index (χ3v) is 5.13. The van der Waals surface area contributed by atoms with E-state index in [-0.39, 0.29) is 0 Å². The number of aromatic nitrogens is 4. The molecule has 0 aliphatic rings. The van der Waals surface area contributed by atoms with Gasteiger partial charge < -0.3 is 15.2 Å². The van der Waals surface area contributed by atoms with Crippen molar-refractivity contribution < 1.29 is 4.52 Å². The highest BCUT2D eigenvalue weighted by atomic mass is 16.5. The molecule has 0 fully saturated rings. The normalized spacial score (nSPS) is 11.9. The molecule has 0 aliphatic carbocycles. The van der Waals surface area contributed by atoms with Gasteiger partial charge in [0.05, 0.1) is 17.9 Å². The molecule has 0 aliphatic heterocycles. The molecule has 0 radical (unpaired) electrons. The van der Waals surface area contributed by atoms with Crippen LogP contribution in [0.1, 0.15) is 61.0 Å². The fourth-order valence-electron chi connectivity index (χ4n) is 3.40. The molecule has 0 spiro atoms. The first-order valence-electron chi connectivity index (χ1n) is 10.4. The summed E-state index contributed by atoms with van der Waals surface area (Å²) in [5.41, 5.74) is 4.12. The minimum Gasteiger partial charge on any atom is -0.359 e. The molecule has 8 nitrogen and oxygen atoms in total. The van der Waals surface area contributed by atoms with E-state index in [1.165, 1.54) is 0 Å². The first-order valence-corrected chi connectivity index (χ1v) is 10.4. The number of nitrogens with one attached hydrogen (secondary N) is 2. The van der Waals surface area contributed by atoms with Crippen LogP contribution in [-0.2, 0) is 13.1 Å². The number of aliphatic imine (C=N–C) groups is 1. The highest BCUT2D eigenvalue weighted by molar-refractivity contribution is 5.79. The van der Waals surface area contributed by atoms with Crippen LogP contribution in [0.15, 0.2) is 40.0 Å². The van der Waals surface area contributed by atoms with Crippen molar-refractivity contribution in [2.75, 3.05) is 7.05 Å². The molecule has 30 heavy (non-hydrogen) atoms. The number of nitrogens with zero attached hydrogens (tertiary/aromatic N) is 5. The van der Waals surface area contributed by atoms with Crippen LogP contribution < -0.4 is 10.6 Å². The van der Waals surface area contributed by atoms with Crippen molar-refractivity contribution in [3.05, 3.63) is 58.9 Å². The van der Waals surface area contributed by atoms with Crippen molar-refractivity contribution in [3.8, 4) is 5.82 Å². The fraction of sp³-hybridized carbons (Fsp3) is 0.455. The van der Waals surface area contributed by atoms with Gasteiger partial charge in [0, 0.05) is 37.5 Å². The maximum atomic E-state index is 5.46. The van der Waals surface area contributed by atoms with E-state index in [2.05, 4.69) is 44.7 Å². The number of pyridine rings is 1. The lowest BCUT2D eigenvalue weighted by Crippen LogP contribution is -2.36. The molecule has 0 saturated carbocycles. The largest absolute Gasteiger partial charge is 0.359 e. The summed E-state index contributed by atoms with van der Waals surface area (Å²) in [6.07, 6.45) is 3.97. The Hall–Kier alpha value is -3.16. The zero-order chi connectivity index (χ0) is 21.5. The second-order valence-corrected chi connectivity index (χ2v) is 7.37. The van der Waals surface area contributed by atoms with Crippen LogP contribution in [-0.4, -0.2) is 32.9 Å². The van der Waals surface area contributed by atoms with Gasteiger partial charge in [0.1, 0.15) is 0 Å². The zero-order valence-corrected chi connectivity index (χ0v) is 18.4. The Balaban J connectivity index is 1.52. The molecule has 3 rings (SSSR count). The van der Waals surface area contributed by atoms with Crippen LogP contribution in [0.2, 0.25) is 0 Å². The van der Waals surface area contributed by atoms with Crippen molar-refractivity contribution in [2.45, 2.75) is 59.5 Å². The Morgan fingerprint density at radius 1 is 1.13 bits per heavy atom. The van der Waals surface area contributed by atoms with Gasteiger partial charge in [-0.3, -0.25) is 4.99 Å². The second-order valence-electron chi connectivity index (χ2n) is 7.37. The molecule has 0 atom stereocenters. The van der Waals surface area contributed by atoms with E-state index < -0.39 is 0 Å². The number of rotatable bonds is 8. The summed E-state index contributed by atoms with van der Waals surface area (Å²) in [4.78, 5) is 8.80. The van der Waals surface area contributed by atoms with Crippen LogP contribution in [0.4, 0.5) is 0 Å². The van der Waals surface area contributed by atoms with Crippen molar-refractivity contribution in [1.29, 1.82) is 0 Å². The molecule has 0 amide bonds. The summed E-state index contributed by atoms with van der Waals surface area (Å²) in [5, 5.41) is 15.2. The summed E-state index contributed by atoms with van der Waals surface area (Å²) in [7, 11) is 1.75. The van der Waals surface area contributed by atoms with Crippen LogP contribution >= 0.6 is 0 Å². The van der Waals surface area contributed by atoms with Crippen molar-refractivity contribution in [1.82, 2.24) is 30.6 Å². The zero-order valence-electron chi connectivity index (χ0n) is 18.4. The van der Waals surface area contributed by atoms with E-state index in [4.69, 9.17) is 4.52 Å². The van der Waals surface area contributed by atoms with Gasteiger partial charge in [-0.1, -0.05) is 25.1 Å². The van der Waals surface area contributed by atoms with Crippen LogP contribution in [0, 0.1) is 13.8 Å². The van der Waals surface area contributed by atoms with Gasteiger partial charge in [0.15, 0.2) is 17.5 Å². The van der Waals surface area contributed by atoms with Gasteiger partial charge >= 0.3 is 0 Å². The number of aryl methyl sites for hydroxylation is 2. The highest BCUT2D eigenvalue weighted by Gasteiger charge is 2.13. The van der Waals surface area contributed by atoms with E-state index in [9.17, 15) is 0 Å². The fourth-order valence-corrected chi connectivity index (χ4v) is 3.40. The Kier molecular flexibility index (Phi) is 7.21. The smallest absolute Gasteiger partial charge is 0.191 e. The molecule has 160 valence electrons. The van der Waals surface area contributed by atoms with Gasteiger partial charge in [0.2, 0.25) is 0 Å². The lowest BCUT2D eigenvalue weighted by atomic mass is 9.99. The summed E-state index contributed by atoms with van der Waals surface area (Å²) in [5.74, 6) is 2.75. The van der Waals surface area contributed by atoms with Gasteiger partial charge in [-0.05, 0) is 44.4 Å². The van der Waals surface area contributed by atoms with Crippen LogP contribution in [0.5, 0.6) is 0 Å². The quantitative estimate of drug-likeness (QED) is 0.436. The molecule has 0 bridgehead atoms. The number of guanidine groups is 1. The Labute approximate surface area is 177 Å². The molecule has 0 aromatic carbocycles. The van der Waals surface area contributed by atoms with E-state index in [1.807, 2.05) is 49.0 Å². The standard InChI is InChI=1S/C22H31N7O/c1-6-18(7-2)20-11-19(30-28-20)14-26-22(23-5)25-13-17-8-9-21(24-12-17)29-16(4)10-15(3)27-29/h8-12,18H,6-7,13-14H2,1-5H3,(H2,23,25,26). The highest BCUT2D eigenvalue weighted by Crippen LogP contribution is 2.22. The van der Waals surface area contributed by atoms with Gasteiger partial charge in [-0.25, -0.2) is 9.67 Å². The minimum atomic E-state index is 0.449. The lowest BCUT2D eigenvalue weighted by molar-refractivity contribution is 0.368. The molecule has 0 unspecified atom stereocenters. The van der Waals surface area contributed by atoms with E-state index in [1.54, 1.807) is 7.05 Å². The van der Waals surface area contributed by atoms with Gasteiger partial charge in [-0.15, -0.1) is 0 Å². The van der Waals surface area contributed by atoms with Gasteiger partial charge in [-0.2, -0.15) is 5.10 Å². The average molecular weight is 410 g/mol. The van der Waals surface area contributed by atoms with E-state index in [0.717, 1.165) is 47.1 Å². The predicted molar refractivity (Wildman–Crippen MR) is 118 cm³/mol. The molecule has 3 aromatic rings. The van der Waals surface area contributed by atoms with E-state index in [0.29, 0.717) is 25.0 Å². The first-order chi connectivity index (χ1) is 14.5. The molecular formula is C22H31N7O. The first kappa shape index (κ1) is 21.5. The van der Waals surface area contributed by atoms with Crippen molar-refractivity contribution >= 4 is 5.96 Å². The summed E-state index contributed by atoms with van der Waals surface area (Å²) >= 11 is 0. The maximum absolute atomic E-state index is 5.46. The van der Waals surface area contributed by atoms with Gasteiger partial charge in [0.25, 0.3) is 0 Å². The summed E-state index contributed by atoms with van der Waals surface area (Å²) in [6, 6.07) is 8.08. The Morgan fingerprint density at radius 2 is 1.90 bits per heavy atom. The predicted octanol–water partition coefficient (Wildman–Crippen LogP) is 3.64. The van der Waals surface area contributed by atoms with E-state index >= 15 is 0 Å². The van der Waals surface area contributed by atoms with Crippen molar-refractivity contribution in [3.63, 3.8) is 0 Å². The topological polar surface area (TPSA) is 93.2 Å². The number of hydrogen-bond acceptors (Lipinski definition) is 5. The third-order valence-electron chi connectivity index (χ3n) is 5.13. The molecular weight excluding hydrogens is 378 g/mol. The molecule has 2 N–H and O–H groups in total. The molecule has 0 saturated heterocycles. The monoisotopic (exact) mass is 409 g/mol. The average Bonchev–Trinajstić information content (AvgIpc) is 3.35. The minimum absolute atomic E-state index is 0.449. The SMILES string of the molecule is CCC(CC)c1cc(CNC(=NC)NCc2ccc(-n3nc(C)cc3C)nc2)on1. The maximum Gasteiger partial charge on any atom is 0.191 e. The Bertz CT molecular complexity index is 968. The lowest BCUT2D eigenvalue weighted by Gasteiger charge is -2.11. The summed E-state index contributed by atoms with van der Waals surface area (Å²) < 4.78 is 7.31. The molecule has 3 heterocycles.